The number of fused-ring (bicyclic) bond motifs is 4. The molecule has 0 radical (unpaired) electrons. The molecule has 1 fully saturated rings. The van der Waals surface area contributed by atoms with Gasteiger partial charge in [0.2, 0.25) is 11.6 Å². The third-order valence-electron chi connectivity index (χ3n) is 6.07. The van der Waals surface area contributed by atoms with Gasteiger partial charge in [0.25, 0.3) is 0 Å². The summed E-state index contributed by atoms with van der Waals surface area (Å²) in [4.78, 5) is 13.6. The van der Waals surface area contributed by atoms with Gasteiger partial charge in [0.15, 0.2) is 0 Å². The van der Waals surface area contributed by atoms with Crippen molar-refractivity contribution in [3.8, 4) is 5.75 Å². The molecule has 2 aromatic carbocycles. The van der Waals surface area contributed by atoms with Crippen LogP contribution in [-0.2, 0) is 4.79 Å². The third kappa shape index (κ3) is 2.66. The predicted molar refractivity (Wildman–Crippen MR) is 103 cm³/mol. The Morgan fingerprint density at radius 1 is 1.14 bits per heavy atom. The van der Waals surface area contributed by atoms with Crippen molar-refractivity contribution in [1.82, 2.24) is 9.91 Å². The Hall–Kier alpha value is -2.89. The number of benzene rings is 2. The predicted octanol–water partition coefficient (Wildman–Crippen LogP) is 3.71. The van der Waals surface area contributed by atoms with E-state index in [1.54, 1.807) is 19.1 Å². The summed E-state index contributed by atoms with van der Waals surface area (Å²) in [5.74, 6) is 0.747. The van der Waals surface area contributed by atoms with Gasteiger partial charge >= 0.3 is 0 Å². The molecule has 1 spiro atoms. The molecule has 1 atom stereocenters. The molecule has 6 heteroatoms. The average Bonchev–Trinajstić information content (AvgIpc) is 3.16. The Balaban J connectivity index is 1.53. The first kappa shape index (κ1) is 17.2. The van der Waals surface area contributed by atoms with Gasteiger partial charge in [-0.2, -0.15) is 5.10 Å². The summed E-state index contributed by atoms with van der Waals surface area (Å²) in [6, 6.07) is 14.7. The van der Waals surface area contributed by atoms with E-state index in [0.29, 0.717) is 25.9 Å². The fraction of sp³-hybridized carbons (Fsp3) is 0.364. The number of amides is 1. The average molecular weight is 379 g/mol. The van der Waals surface area contributed by atoms with Crippen LogP contribution in [0.25, 0.3) is 0 Å². The lowest BCUT2D eigenvalue weighted by molar-refractivity contribution is -0.158. The molecule has 0 saturated carbocycles. The molecule has 1 amide bonds. The van der Waals surface area contributed by atoms with E-state index in [9.17, 15) is 9.18 Å². The highest BCUT2D eigenvalue weighted by atomic mass is 19.1. The van der Waals surface area contributed by atoms with E-state index < -0.39 is 5.72 Å². The van der Waals surface area contributed by atoms with Crippen molar-refractivity contribution >= 4 is 11.6 Å². The van der Waals surface area contributed by atoms with Gasteiger partial charge in [-0.1, -0.05) is 30.3 Å². The van der Waals surface area contributed by atoms with Crippen molar-refractivity contribution in [2.75, 3.05) is 13.1 Å². The van der Waals surface area contributed by atoms with Gasteiger partial charge in [-0.05, 0) is 23.8 Å². The second-order valence-electron chi connectivity index (χ2n) is 7.71. The van der Waals surface area contributed by atoms with Crippen molar-refractivity contribution in [2.24, 2.45) is 5.10 Å². The molecule has 28 heavy (non-hydrogen) atoms. The number of likely N-dealkylation sites (tertiary alicyclic amines) is 1. The Labute approximate surface area is 163 Å². The van der Waals surface area contributed by atoms with E-state index in [0.717, 1.165) is 29.0 Å². The van der Waals surface area contributed by atoms with Crippen LogP contribution in [0.4, 0.5) is 4.39 Å². The number of nitrogens with zero attached hydrogens (tertiary/aromatic N) is 3. The topological polar surface area (TPSA) is 45.1 Å². The minimum atomic E-state index is -0.549. The van der Waals surface area contributed by atoms with E-state index in [2.05, 4.69) is 11.1 Å². The number of rotatable bonds is 1. The maximum atomic E-state index is 13.4. The SMILES string of the molecule is CC(=O)N1CCC2(CC1)Oc1ccccc1[C@H]1CC(c3ccc(F)cc3)=NN12. The molecule has 0 N–H and O–H groups in total. The zero-order valence-electron chi connectivity index (χ0n) is 15.8. The van der Waals surface area contributed by atoms with Crippen LogP contribution in [-0.4, -0.2) is 40.3 Å². The van der Waals surface area contributed by atoms with Crippen LogP contribution in [0, 0.1) is 5.82 Å². The largest absolute Gasteiger partial charge is 0.466 e. The zero-order chi connectivity index (χ0) is 19.3. The Bertz CT molecular complexity index is 949. The van der Waals surface area contributed by atoms with Crippen LogP contribution in [0.5, 0.6) is 5.75 Å². The van der Waals surface area contributed by atoms with Crippen LogP contribution >= 0.6 is 0 Å². The number of hydrogen-bond acceptors (Lipinski definition) is 4. The molecular weight excluding hydrogens is 357 g/mol. The van der Waals surface area contributed by atoms with E-state index >= 15 is 0 Å². The van der Waals surface area contributed by atoms with Gasteiger partial charge in [0, 0.05) is 44.8 Å². The normalized spacial score (nSPS) is 22.4. The maximum Gasteiger partial charge on any atom is 0.219 e. The number of hydrazone groups is 1. The molecule has 2 aromatic rings. The number of hydrogen-bond donors (Lipinski definition) is 0. The second-order valence-corrected chi connectivity index (χ2v) is 7.71. The summed E-state index contributed by atoms with van der Waals surface area (Å²) >= 11 is 0. The zero-order valence-corrected chi connectivity index (χ0v) is 15.8. The molecule has 3 aliphatic heterocycles. The number of carbonyl (C=O) groups excluding carboxylic acids is 1. The number of para-hydroxylation sites is 1. The lowest BCUT2D eigenvalue weighted by Crippen LogP contribution is -2.59. The van der Waals surface area contributed by atoms with Gasteiger partial charge in [-0.15, -0.1) is 0 Å². The summed E-state index contributed by atoms with van der Waals surface area (Å²) in [5, 5.41) is 7.06. The highest BCUT2D eigenvalue weighted by Gasteiger charge is 2.51. The van der Waals surface area contributed by atoms with E-state index in [4.69, 9.17) is 9.84 Å². The summed E-state index contributed by atoms with van der Waals surface area (Å²) in [6.45, 7) is 2.92. The van der Waals surface area contributed by atoms with E-state index in [-0.39, 0.29) is 17.8 Å². The number of halogens is 1. The first-order chi connectivity index (χ1) is 13.6. The van der Waals surface area contributed by atoms with Crippen LogP contribution < -0.4 is 4.74 Å². The first-order valence-electron chi connectivity index (χ1n) is 9.72. The van der Waals surface area contributed by atoms with Crippen molar-refractivity contribution in [3.63, 3.8) is 0 Å². The molecular formula is C22H22FN3O2. The highest BCUT2D eigenvalue weighted by Crippen LogP contribution is 2.49. The van der Waals surface area contributed by atoms with Crippen molar-refractivity contribution in [2.45, 2.75) is 38.0 Å². The van der Waals surface area contributed by atoms with Crippen molar-refractivity contribution in [3.05, 3.63) is 65.5 Å². The Morgan fingerprint density at radius 3 is 2.57 bits per heavy atom. The molecule has 0 unspecified atom stereocenters. The van der Waals surface area contributed by atoms with Crippen LogP contribution in [0.3, 0.4) is 0 Å². The van der Waals surface area contributed by atoms with Crippen LogP contribution in [0.2, 0.25) is 0 Å². The van der Waals surface area contributed by atoms with Gasteiger partial charge in [-0.25, -0.2) is 9.40 Å². The fourth-order valence-electron chi connectivity index (χ4n) is 4.55. The van der Waals surface area contributed by atoms with Gasteiger partial charge in [-0.3, -0.25) is 4.79 Å². The maximum absolute atomic E-state index is 13.4. The quantitative estimate of drug-likeness (QED) is 0.759. The van der Waals surface area contributed by atoms with Gasteiger partial charge in [0.1, 0.15) is 11.6 Å². The summed E-state index contributed by atoms with van der Waals surface area (Å²) < 4.78 is 19.9. The molecule has 0 aromatic heterocycles. The molecule has 1 saturated heterocycles. The second kappa shape index (κ2) is 6.33. The smallest absolute Gasteiger partial charge is 0.219 e. The van der Waals surface area contributed by atoms with Crippen molar-refractivity contribution in [1.29, 1.82) is 0 Å². The standard InChI is InChI=1S/C22H22FN3O2/c1-15(27)25-12-10-22(11-13-25)26-20(18-4-2-3-5-21(18)28-22)14-19(24-26)16-6-8-17(23)9-7-16/h2-9,20H,10-14H2,1H3/t20-/m1/s1. The lowest BCUT2D eigenvalue weighted by Gasteiger charge is -2.51. The van der Waals surface area contributed by atoms with Gasteiger partial charge < -0.3 is 9.64 Å². The molecule has 5 nitrogen and oxygen atoms in total. The minimum absolute atomic E-state index is 0.0916. The lowest BCUT2D eigenvalue weighted by atomic mass is 9.90. The molecule has 0 bridgehead atoms. The fourth-order valence-corrected chi connectivity index (χ4v) is 4.55. The van der Waals surface area contributed by atoms with Crippen molar-refractivity contribution < 1.29 is 13.9 Å². The monoisotopic (exact) mass is 379 g/mol. The summed E-state index contributed by atoms with van der Waals surface area (Å²) in [5.41, 5.74) is 2.46. The van der Waals surface area contributed by atoms with Crippen LogP contribution in [0.15, 0.2) is 53.6 Å². The molecule has 5 rings (SSSR count). The summed E-state index contributed by atoms with van der Waals surface area (Å²) in [7, 11) is 0. The Morgan fingerprint density at radius 2 is 1.86 bits per heavy atom. The molecule has 144 valence electrons. The molecule has 3 aliphatic rings. The summed E-state index contributed by atoms with van der Waals surface area (Å²) in [6.07, 6.45) is 2.17. The Kier molecular flexibility index (Phi) is 3.89. The minimum Gasteiger partial charge on any atom is -0.466 e. The van der Waals surface area contributed by atoms with E-state index in [1.807, 2.05) is 23.1 Å². The first-order valence-corrected chi connectivity index (χ1v) is 9.72. The molecule has 3 heterocycles. The van der Waals surface area contributed by atoms with Crippen LogP contribution in [0.1, 0.15) is 43.4 Å². The van der Waals surface area contributed by atoms with E-state index in [1.165, 1.54) is 12.1 Å². The third-order valence-corrected chi connectivity index (χ3v) is 6.07. The highest BCUT2D eigenvalue weighted by molar-refractivity contribution is 6.02. The number of piperidine rings is 1. The number of carbonyl (C=O) groups is 1. The number of ether oxygens (including phenoxy) is 1. The van der Waals surface area contributed by atoms with Gasteiger partial charge in [0.05, 0.1) is 11.8 Å². The molecule has 0 aliphatic carbocycles.